The van der Waals surface area contributed by atoms with Gasteiger partial charge in [-0.15, -0.1) is 11.3 Å². The highest BCUT2D eigenvalue weighted by Crippen LogP contribution is 2.29. The van der Waals surface area contributed by atoms with Crippen molar-refractivity contribution in [3.05, 3.63) is 40.2 Å². The monoisotopic (exact) mass is 316 g/mol. The van der Waals surface area contributed by atoms with Gasteiger partial charge < -0.3 is 5.11 Å². The fraction of sp³-hybridized carbons (Fsp3) is 0.412. The van der Waals surface area contributed by atoms with Crippen LogP contribution in [0.5, 0.6) is 0 Å². The molecule has 0 bridgehead atoms. The summed E-state index contributed by atoms with van der Waals surface area (Å²) in [6, 6.07) is 9.56. The van der Waals surface area contributed by atoms with E-state index in [0.717, 1.165) is 30.2 Å². The first-order valence-corrected chi connectivity index (χ1v) is 8.46. The zero-order chi connectivity index (χ0) is 15.5. The van der Waals surface area contributed by atoms with Gasteiger partial charge in [-0.05, 0) is 25.3 Å². The summed E-state index contributed by atoms with van der Waals surface area (Å²) in [6.07, 6.45) is 2.49. The third-order valence-corrected chi connectivity index (χ3v) is 5.04. The summed E-state index contributed by atoms with van der Waals surface area (Å²) in [4.78, 5) is 18.8. The van der Waals surface area contributed by atoms with Crippen LogP contribution in [0.2, 0.25) is 0 Å². The Kier molecular flexibility index (Phi) is 4.55. The first-order valence-electron chi connectivity index (χ1n) is 7.64. The van der Waals surface area contributed by atoms with Crippen LogP contribution in [0.25, 0.3) is 11.3 Å². The van der Waals surface area contributed by atoms with Gasteiger partial charge in [0.1, 0.15) is 9.88 Å². The van der Waals surface area contributed by atoms with Gasteiger partial charge in [0.2, 0.25) is 0 Å². The Hall–Kier alpha value is -1.72. The number of likely N-dealkylation sites (tertiary alicyclic amines) is 1. The van der Waals surface area contributed by atoms with Crippen molar-refractivity contribution in [3.8, 4) is 11.3 Å². The second-order valence-electron chi connectivity index (χ2n) is 5.94. The number of hydrogen-bond acceptors (Lipinski definition) is 4. The summed E-state index contributed by atoms with van der Waals surface area (Å²) in [5.41, 5.74) is 1.47. The van der Waals surface area contributed by atoms with Crippen LogP contribution in [0.3, 0.4) is 0 Å². The number of carboxylic acid groups (broad SMARTS) is 1. The number of rotatable bonds is 4. The summed E-state index contributed by atoms with van der Waals surface area (Å²) in [5, 5.41) is 10.3. The van der Waals surface area contributed by atoms with Crippen LogP contribution in [0, 0.1) is 5.92 Å². The molecular weight excluding hydrogens is 296 g/mol. The van der Waals surface area contributed by atoms with Crippen LogP contribution in [0.1, 0.15) is 34.4 Å². The fourth-order valence-corrected chi connectivity index (χ4v) is 3.96. The van der Waals surface area contributed by atoms with Crippen molar-refractivity contribution >= 4 is 17.3 Å². The minimum absolute atomic E-state index is 0.339. The van der Waals surface area contributed by atoms with Gasteiger partial charge in [0.05, 0.1) is 12.2 Å². The minimum atomic E-state index is -0.894. The van der Waals surface area contributed by atoms with E-state index in [1.165, 1.54) is 24.2 Å². The van der Waals surface area contributed by atoms with Gasteiger partial charge >= 0.3 is 5.97 Å². The third kappa shape index (κ3) is 3.36. The molecule has 1 aromatic carbocycles. The zero-order valence-electron chi connectivity index (χ0n) is 12.7. The lowest BCUT2D eigenvalue weighted by atomic mass is 10.0. The maximum Gasteiger partial charge on any atom is 0.348 e. The maximum absolute atomic E-state index is 11.5. The highest BCUT2D eigenvalue weighted by molar-refractivity contribution is 7.14. The molecule has 1 atom stereocenters. The predicted molar refractivity (Wildman–Crippen MR) is 88.2 cm³/mol. The van der Waals surface area contributed by atoms with Gasteiger partial charge in [0, 0.05) is 12.1 Å². The van der Waals surface area contributed by atoms with Crippen LogP contribution in [-0.2, 0) is 6.54 Å². The molecule has 1 aromatic heterocycles. The molecule has 1 aliphatic rings. The summed E-state index contributed by atoms with van der Waals surface area (Å²) < 4.78 is 0. The highest BCUT2D eigenvalue weighted by atomic mass is 32.1. The third-order valence-electron chi connectivity index (χ3n) is 4.01. The SMILES string of the molecule is CC1CCCN(Cc2nc(-c3ccccc3)c(C(=O)O)s2)C1. The first-order chi connectivity index (χ1) is 10.6. The van der Waals surface area contributed by atoms with Crippen LogP contribution in [-0.4, -0.2) is 34.0 Å². The quantitative estimate of drug-likeness (QED) is 0.933. The number of thiazole rings is 1. The molecule has 0 saturated carbocycles. The molecule has 4 nitrogen and oxygen atoms in total. The van der Waals surface area contributed by atoms with E-state index in [1.807, 2.05) is 30.3 Å². The van der Waals surface area contributed by atoms with Crippen LogP contribution in [0.15, 0.2) is 30.3 Å². The number of piperidine rings is 1. The Morgan fingerprint density at radius 1 is 1.41 bits per heavy atom. The number of carbonyl (C=O) groups is 1. The fourth-order valence-electron chi connectivity index (χ4n) is 2.99. The molecule has 1 N–H and O–H groups in total. The molecule has 5 heteroatoms. The standard InChI is InChI=1S/C17H20N2O2S/c1-12-6-5-9-19(10-12)11-14-18-15(16(22-14)17(20)21)13-7-3-2-4-8-13/h2-4,7-8,12H,5-6,9-11H2,1H3,(H,20,21). The van der Waals surface area contributed by atoms with Crippen molar-refractivity contribution in [2.45, 2.75) is 26.3 Å². The van der Waals surface area contributed by atoms with E-state index < -0.39 is 5.97 Å². The van der Waals surface area contributed by atoms with Crippen LogP contribution >= 0.6 is 11.3 Å². The molecule has 116 valence electrons. The topological polar surface area (TPSA) is 53.4 Å². The number of nitrogens with zero attached hydrogens (tertiary/aromatic N) is 2. The molecule has 0 radical (unpaired) electrons. The van der Waals surface area contributed by atoms with Gasteiger partial charge in [0.15, 0.2) is 0 Å². The van der Waals surface area contributed by atoms with Gasteiger partial charge in [-0.3, -0.25) is 4.90 Å². The Bertz CT molecular complexity index is 654. The largest absolute Gasteiger partial charge is 0.477 e. The van der Waals surface area contributed by atoms with Gasteiger partial charge in [-0.2, -0.15) is 0 Å². The Morgan fingerprint density at radius 3 is 2.86 bits per heavy atom. The number of carboxylic acids is 1. The molecule has 0 spiro atoms. The van der Waals surface area contributed by atoms with Gasteiger partial charge in [0.25, 0.3) is 0 Å². The number of aromatic nitrogens is 1. The highest BCUT2D eigenvalue weighted by Gasteiger charge is 2.22. The summed E-state index contributed by atoms with van der Waals surface area (Å²) in [6.45, 7) is 5.17. The normalized spacial score (nSPS) is 19.2. The average Bonchev–Trinajstić information content (AvgIpc) is 2.92. The van der Waals surface area contributed by atoms with E-state index in [9.17, 15) is 9.90 Å². The predicted octanol–water partition coefficient (Wildman–Crippen LogP) is 3.74. The Labute approximate surface area is 134 Å². The van der Waals surface area contributed by atoms with Gasteiger partial charge in [-0.25, -0.2) is 9.78 Å². The minimum Gasteiger partial charge on any atom is -0.477 e. The Balaban J connectivity index is 1.85. The lowest BCUT2D eigenvalue weighted by Gasteiger charge is -2.29. The van der Waals surface area contributed by atoms with E-state index in [1.54, 1.807) is 0 Å². The summed E-state index contributed by atoms with van der Waals surface area (Å²) >= 11 is 1.30. The van der Waals surface area contributed by atoms with E-state index in [-0.39, 0.29) is 0 Å². The number of benzene rings is 1. The average molecular weight is 316 g/mol. The molecule has 0 aliphatic carbocycles. The molecule has 1 fully saturated rings. The van der Waals surface area contributed by atoms with Crippen molar-refractivity contribution in [1.29, 1.82) is 0 Å². The van der Waals surface area contributed by atoms with E-state index in [2.05, 4.69) is 16.8 Å². The second kappa shape index (κ2) is 6.58. The van der Waals surface area contributed by atoms with Crippen molar-refractivity contribution in [3.63, 3.8) is 0 Å². The maximum atomic E-state index is 11.5. The number of aromatic carboxylic acids is 1. The van der Waals surface area contributed by atoms with E-state index in [0.29, 0.717) is 16.5 Å². The molecule has 1 aliphatic heterocycles. The molecule has 0 amide bonds. The van der Waals surface area contributed by atoms with Crippen molar-refractivity contribution in [2.75, 3.05) is 13.1 Å². The smallest absolute Gasteiger partial charge is 0.348 e. The molecule has 1 unspecified atom stereocenters. The number of hydrogen-bond donors (Lipinski definition) is 1. The molecule has 1 saturated heterocycles. The molecule has 3 rings (SSSR count). The molecule has 2 aromatic rings. The van der Waals surface area contributed by atoms with Crippen molar-refractivity contribution < 1.29 is 9.90 Å². The molecule has 22 heavy (non-hydrogen) atoms. The molecular formula is C17H20N2O2S. The van der Waals surface area contributed by atoms with E-state index in [4.69, 9.17) is 0 Å². The Morgan fingerprint density at radius 2 is 2.18 bits per heavy atom. The van der Waals surface area contributed by atoms with Crippen LogP contribution in [0.4, 0.5) is 0 Å². The van der Waals surface area contributed by atoms with Crippen molar-refractivity contribution in [2.24, 2.45) is 5.92 Å². The summed E-state index contributed by atoms with van der Waals surface area (Å²) in [7, 11) is 0. The molecule has 2 heterocycles. The zero-order valence-corrected chi connectivity index (χ0v) is 13.5. The summed E-state index contributed by atoms with van der Waals surface area (Å²) in [5.74, 6) is -0.184. The first kappa shape index (κ1) is 15.2. The van der Waals surface area contributed by atoms with Gasteiger partial charge in [-0.1, -0.05) is 37.3 Å². The lowest BCUT2D eigenvalue weighted by molar-refractivity contribution is 0.0702. The lowest BCUT2D eigenvalue weighted by Crippen LogP contribution is -2.33. The van der Waals surface area contributed by atoms with Crippen LogP contribution < -0.4 is 0 Å². The second-order valence-corrected chi connectivity index (χ2v) is 7.02. The van der Waals surface area contributed by atoms with E-state index >= 15 is 0 Å². The van der Waals surface area contributed by atoms with Crippen molar-refractivity contribution in [1.82, 2.24) is 9.88 Å².